The summed E-state index contributed by atoms with van der Waals surface area (Å²) in [6.07, 6.45) is 5.00. The van der Waals surface area contributed by atoms with Crippen LogP contribution in [0.1, 0.15) is 35.7 Å². The fourth-order valence-electron chi connectivity index (χ4n) is 1.67. The Morgan fingerprint density at radius 1 is 1.50 bits per heavy atom. The summed E-state index contributed by atoms with van der Waals surface area (Å²) in [5.74, 6) is 0.698. The van der Waals surface area contributed by atoms with Gasteiger partial charge in [0.15, 0.2) is 5.78 Å². The van der Waals surface area contributed by atoms with Gasteiger partial charge in [0.25, 0.3) is 0 Å². The molecule has 0 spiro atoms. The van der Waals surface area contributed by atoms with Gasteiger partial charge in [-0.15, -0.1) is 0 Å². The van der Waals surface area contributed by atoms with Gasteiger partial charge in [-0.3, -0.25) is 4.79 Å². The number of carbonyl (C=O) groups is 1. The normalized spacial score (nSPS) is 10.1. The molecule has 0 heterocycles. The molecule has 0 aromatic heterocycles. The standard InChI is InChI=1S/C15H19BrO2/c1-3-5-6-12-7-8-13(14(17)11-16)15(10-12)18-9-4-2/h4,7-8,10H,2-3,5-6,9,11H2,1H3. The average molecular weight is 311 g/mol. The number of benzene rings is 1. The summed E-state index contributed by atoms with van der Waals surface area (Å²) in [6, 6.07) is 5.83. The van der Waals surface area contributed by atoms with Crippen LogP contribution in [-0.4, -0.2) is 17.7 Å². The topological polar surface area (TPSA) is 26.3 Å². The van der Waals surface area contributed by atoms with Crippen molar-refractivity contribution in [1.29, 1.82) is 0 Å². The second kappa shape index (κ2) is 8.09. The zero-order chi connectivity index (χ0) is 13.4. The number of halogens is 1. The van der Waals surface area contributed by atoms with Gasteiger partial charge in [0.2, 0.25) is 0 Å². The number of Topliss-reactive ketones (excluding diaryl/α,β-unsaturated/α-hetero) is 1. The predicted octanol–water partition coefficient (Wildman–Crippen LogP) is 4.17. The van der Waals surface area contributed by atoms with Crippen LogP contribution in [0.15, 0.2) is 30.9 Å². The molecule has 3 heteroatoms. The van der Waals surface area contributed by atoms with E-state index in [-0.39, 0.29) is 5.78 Å². The summed E-state index contributed by atoms with van der Waals surface area (Å²) in [4.78, 5) is 11.8. The lowest BCUT2D eigenvalue weighted by Gasteiger charge is -2.11. The van der Waals surface area contributed by atoms with Crippen molar-refractivity contribution in [3.8, 4) is 5.75 Å². The van der Waals surface area contributed by atoms with E-state index in [9.17, 15) is 4.79 Å². The molecule has 0 aliphatic rings. The van der Waals surface area contributed by atoms with E-state index in [1.165, 1.54) is 5.56 Å². The molecule has 0 amide bonds. The highest BCUT2D eigenvalue weighted by atomic mass is 79.9. The van der Waals surface area contributed by atoms with E-state index in [1.54, 1.807) is 6.08 Å². The van der Waals surface area contributed by atoms with Gasteiger partial charge in [-0.05, 0) is 30.5 Å². The van der Waals surface area contributed by atoms with Crippen molar-refractivity contribution in [1.82, 2.24) is 0 Å². The first-order chi connectivity index (χ1) is 8.72. The highest BCUT2D eigenvalue weighted by Gasteiger charge is 2.12. The minimum absolute atomic E-state index is 0.0381. The summed E-state index contributed by atoms with van der Waals surface area (Å²) in [6.45, 7) is 6.20. The molecule has 0 fully saturated rings. The van der Waals surface area contributed by atoms with Crippen molar-refractivity contribution in [3.63, 3.8) is 0 Å². The quantitative estimate of drug-likeness (QED) is 0.409. The number of aryl methyl sites for hydroxylation is 1. The van der Waals surface area contributed by atoms with Crippen LogP contribution in [0.5, 0.6) is 5.75 Å². The molecule has 0 bridgehead atoms. The van der Waals surface area contributed by atoms with E-state index >= 15 is 0 Å². The molecule has 98 valence electrons. The van der Waals surface area contributed by atoms with Crippen molar-refractivity contribution in [2.24, 2.45) is 0 Å². The molecule has 18 heavy (non-hydrogen) atoms. The van der Waals surface area contributed by atoms with E-state index in [0.29, 0.717) is 23.2 Å². The number of carbonyl (C=O) groups excluding carboxylic acids is 1. The average Bonchev–Trinajstić information content (AvgIpc) is 2.42. The van der Waals surface area contributed by atoms with Crippen molar-refractivity contribution in [2.75, 3.05) is 11.9 Å². The number of hydrogen-bond donors (Lipinski definition) is 0. The van der Waals surface area contributed by atoms with Crippen LogP contribution in [0, 0.1) is 0 Å². The maximum Gasteiger partial charge on any atom is 0.177 e. The van der Waals surface area contributed by atoms with Gasteiger partial charge >= 0.3 is 0 Å². The smallest absolute Gasteiger partial charge is 0.177 e. The molecule has 1 rings (SSSR count). The molecule has 2 nitrogen and oxygen atoms in total. The third-order valence-electron chi connectivity index (χ3n) is 2.64. The van der Waals surface area contributed by atoms with E-state index in [2.05, 4.69) is 29.4 Å². The molecule has 0 radical (unpaired) electrons. The SMILES string of the molecule is C=CCOc1cc(CCCC)ccc1C(=O)CBr. The Morgan fingerprint density at radius 2 is 2.28 bits per heavy atom. The summed E-state index contributed by atoms with van der Waals surface area (Å²) in [7, 11) is 0. The molecule has 1 aromatic rings. The van der Waals surface area contributed by atoms with Crippen LogP contribution >= 0.6 is 15.9 Å². The van der Waals surface area contributed by atoms with Gasteiger partial charge in [-0.1, -0.05) is 48.0 Å². The third-order valence-corrected chi connectivity index (χ3v) is 3.15. The molecule has 1 aromatic carbocycles. The van der Waals surface area contributed by atoms with Gasteiger partial charge in [-0.25, -0.2) is 0 Å². The van der Waals surface area contributed by atoms with E-state index in [4.69, 9.17) is 4.74 Å². The molecule has 0 N–H and O–H groups in total. The molecule has 0 aliphatic heterocycles. The number of rotatable bonds is 8. The van der Waals surface area contributed by atoms with Gasteiger partial charge in [-0.2, -0.15) is 0 Å². The van der Waals surface area contributed by atoms with Crippen molar-refractivity contribution < 1.29 is 9.53 Å². The molecule has 0 aliphatic carbocycles. The molecule has 0 unspecified atom stereocenters. The Balaban J connectivity index is 2.95. The lowest BCUT2D eigenvalue weighted by molar-refractivity contribution is 0.102. The zero-order valence-electron chi connectivity index (χ0n) is 10.7. The van der Waals surface area contributed by atoms with Crippen LogP contribution in [0.3, 0.4) is 0 Å². The third kappa shape index (κ3) is 4.30. The predicted molar refractivity (Wildman–Crippen MR) is 78.9 cm³/mol. The Kier molecular flexibility index (Phi) is 6.73. The second-order valence-corrected chi connectivity index (χ2v) is 4.65. The van der Waals surface area contributed by atoms with E-state index in [0.717, 1.165) is 19.3 Å². The summed E-state index contributed by atoms with van der Waals surface area (Å²) in [5, 5.41) is 0.311. The van der Waals surface area contributed by atoms with Crippen LogP contribution in [0.4, 0.5) is 0 Å². The zero-order valence-corrected chi connectivity index (χ0v) is 12.3. The Labute approximate surface area is 117 Å². The van der Waals surface area contributed by atoms with Gasteiger partial charge in [0, 0.05) is 0 Å². The van der Waals surface area contributed by atoms with Crippen LogP contribution in [0.2, 0.25) is 0 Å². The summed E-state index contributed by atoms with van der Waals surface area (Å²) >= 11 is 3.19. The highest BCUT2D eigenvalue weighted by Crippen LogP contribution is 2.23. The first kappa shape index (κ1) is 15.0. The minimum atomic E-state index is 0.0381. The van der Waals surface area contributed by atoms with E-state index in [1.807, 2.05) is 18.2 Å². The Bertz CT molecular complexity index is 413. The monoisotopic (exact) mass is 310 g/mol. The van der Waals surface area contributed by atoms with Gasteiger partial charge < -0.3 is 4.74 Å². The number of ketones is 1. The Hall–Kier alpha value is -1.09. The van der Waals surface area contributed by atoms with Crippen molar-refractivity contribution >= 4 is 21.7 Å². The van der Waals surface area contributed by atoms with Gasteiger partial charge in [0.1, 0.15) is 12.4 Å². The van der Waals surface area contributed by atoms with Crippen molar-refractivity contribution in [3.05, 3.63) is 42.0 Å². The molecular formula is C15H19BrO2. The summed E-state index contributed by atoms with van der Waals surface area (Å²) < 4.78 is 5.57. The first-order valence-electron chi connectivity index (χ1n) is 6.18. The van der Waals surface area contributed by atoms with Crippen LogP contribution in [-0.2, 0) is 6.42 Å². The minimum Gasteiger partial charge on any atom is -0.489 e. The van der Waals surface area contributed by atoms with Gasteiger partial charge in [0.05, 0.1) is 10.9 Å². The van der Waals surface area contributed by atoms with Crippen LogP contribution < -0.4 is 4.74 Å². The Morgan fingerprint density at radius 3 is 2.89 bits per heavy atom. The molecule has 0 saturated heterocycles. The maximum absolute atomic E-state index is 11.8. The molecule has 0 saturated carbocycles. The second-order valence-electron chi connectivity index (χ2n) is 4.09. The number of alkyl halides is 1. The first-order valence-corrected chi connectivity index (χ1v) is 7.30. The number of hydrogen-bond acceptors (Lipinski definition) is 2. The number of unbranched alkanes of at least 4 members (excludes halogenated alkanes) is 1. The largest absolute Gasteiger partial charge is 0.489 e. The molecular weight excluding hydrogens is 292 g/mol. The van der Waals surface area contributed by atoms with E-state index < -0.39 is 0 Å². The van der Waals surface area contributed by atoms with Crippen LogP contribution in [0.25, 0.3) is 0 Å². The lowest BCUT2D eigenvalue weighted by Crippen LogP contribution is -2.06. The fraction of sp³-hybridized carbons (Fsp3) is 0.400. The molecule has 0 atom stereocenters. The lowest BCUT2D eigenvalue weighted by atomic mass is 10.0. The number of ether oxygens (including phenoxy) is 1. The highest BCUT2D eigenvalue weighted by molar-refractivity contribution is 9.09. The fourth-order valence-corrected chi connectivity index (χ4v) is 1.98. The van der Waals surface area contributed by atoms with Crippen molar-refractivity contribution in [2.45, 2.75) is 26.2 Å². The maximum atomic E-state index is 11.8. The summed E-state index contributed by atoms with van der Waals surface area (Å²) in [5.41, 5.74) is 1.84.